The summed E-state index contributed by atoms with van der Waals surface area (Å²) in [6.07, 6.45) is 13.1. The van der Waals surface area contributed by atoms with Crippen LogP contribution >= 0.6 is 11.3 Å². The molecule has 0 spiro atoms. The zero-order valence-corrected chi connectivity index (χ0v) is 9.92. The van der Waals surface area contributed by atoms with Crippen molar-refractivity contribution < 1.29 is 0 Å². The third-order valence-corrected chi connectivity index (χ3v) is 2.37. The topological polar surface area (TPSA) is 24.9 Å². The molecule has 0 atom stereocenters. The molecule has 0 aliphatic carbocycles. The van der Waals surface area contributed by atoms with Crippen LogP contribution < -0.4 is 5.32 Å². The molecule has 3 heteroatoms. The summed E-state index contributed by atoms with van der Waals surface area (Å²) in [4.78, 5) is 4.18. The summed E-state index contributed by atoms with van der Waals surface area (Å²) in [7, 11) is 0. The molecular formula is C12H16N2S. The van der Waals surface area contributed by atoms with E-state index in [2.05, 4.69) is 29.4 Å². The number of anilines is 1. The summed E-state index contributed by atoms with van der Waals surface area (Å²) in [6, 6.07) is 0. The predicted octanol–water partition coefficient (Wildman–Crippen LogP) is 3.98. The van der Waals surface area contributed by atoms with Gasteiger partial charge in [0, 0.05) is 17.3 Å². The molecule has 0 radical (unpaired) electrons. The molecule has 80 valence electrons. The van der Waals surface area contributed by atoms with Gasteiger partial charge >= 0.3 is 0 Å². The summed E-state index contributed by atoms with van der Waals surface area (Å²) >= 11 is 1.60. The number of thiazole rings is 1. The van der Waals surface area contributed by atoms with Gasteiger partial charge in [-0.05, 0) is 25.5 Å². The SMILES string of the molecule is C\C=C/C=C(\C=C/CC)Nc1nccs1. The van der Waals surface area contributed by atoms with Crippen LogP contribution in [0, 0.1) is 0 Å². The Hall–Kier alpha value is -1.35. The quantitative estimate of drug-likeness (QED) is 0.759. The van der Waals surface area contributed by atoms with E-state index in [1.165, 1.54) is 0 Å². The molecule has 0 aliphatic heterocycles. The fraction of sp³-hybridized carbons (Fsp3) is 0.250. The number of allylic oxidation sites excluding steroid dienone is 5. The Kier molecular flexibility index (Phi) is 5.48. The van der Waals surface area contributed by atoms with Crippen molar-refractivity contribution >= 4 is 16.5 Å². The highest BCUT2D eigenvalue weighted by Gasteiger charge is 1.94. The van der Waals surface area contributed by atoms with Crippen molar-refractivity contribution in [2.75, 3.05) is 5.32 Å². The van der Waals surface area contributed by atoms with Crippen LogP contribution in [0.1, 0.15) is 20.3 Å². The predicted molar refractivity (Wildman–Crippen MR) is 68.1 cm³/mol. The van der Waals surface area contributed by atoms with Gasteiger partial charge in [0.25, 0.3) is 0 Å². The van der Waals surface area contributed by atoms with Crippen molar-refractivity contribution in [2.24, 2.45) is 0 Å². The van der Waals surface area contributed by atoms with E-state index in [1.54, 1.807) is 17.5 Å². The molecule has 0 aromatic carbocycles. The second kappa shape index (κ2) is 7.01. The van der Waals surface area contributed by atoms with E-state index in [9.17, 15) is 0 Å². The third-order valence-electron chi connectivity index (χ3n) is 1.68. The molecule has 15 heavy (non-hydrogen) atoms. The first-order chi connectivity index (χ1) is 7.36. The van der Waals surface area contributed by atoms with Gasteiger partial charge in [-0.2, -0.15) is 0 Å². The highest BCUT2D eigenvalue weighted by atomic mass is 32.1. The van der Waals surface area contributed by atoms with Gasteiger partial charge in [0.05, 0.1) is 0 Å². The lowest BCUT2D eigenvalue weighted by molar-refractivity contribution is 1.22. The fourth-order valence-electron chi connectivity index (χ4n) is 0.992. The summed E-state index contributed by atoms with van der Waals surface area (Å²) in [6.45, 7) is 4.12. The van der Waals surface area contributed by atoms with Crippen LogP contribution in [0.5, 0.6) is 0 Å². The molecule has 0 aliphatic rings. The van der Waals surface area contributed by atoms with E-state index in [0.29, 0.717) is 0 Å². The molecule has 1 rings (SSSR count). The number of hydrogen-bond acceptors (Lipinski definition) is 3. The number of nitrogens with zero attached hydrogens (tertiary/aromatic N) is 1. The van der Waals surface area contributed by atoms with Crippen LogP contribution in [0.3, 0.4) is 0 Å². The fourth-order valence-corrected chi connectivity index (χ4v) is 1.54. The van der Waals surface area contributed by atoms with E-state index < -0.39 is 0 Å². The Bertz CT molecular complexity index is 348. The number of hydrogen-bond donors (Lipinski definition) is 1. The minimum Gasteiger partial charge on any atom is -0.332 e. The second-order valence-electron chi connectivity index (χ2n) is 2.92. The van der Waals surface area contributed by atoms with Crippen LogP contribution in [0.25, 0.3) is 0 Å². The van der Waals surface area contributed by atoms with Crippen molar-refractivity contribution in [3.05, 3.63) is 47.7 Å². The van der Waals surface area contributed by atoms with E-state index in [0.717, 1.165) is 17.2 Å². The number of aromatic nitrogens is 1. The van der Waals surface area contributed by atoms with Gasteiger partial charge in [-0.3, -0.25) is 0 Å². The van der Waals surface area contributed by atoms with Crippen LogP contribution in [-0.4, -0.2) is 4.98 Å². The lowest BCUT2D eigenvalue weighted by Gasteiger charge is -2.01. The zero-order chi connectivity index (χ0) is 10.9. The van der Waals surface area contributed by atoms with E-state index in [1.807, 2.05) is 30.5 Å². The average molecular weight is 220 g/mol. The van der Waals surface area contributed by atoms with Crippen molar-refractivity contribution in [3.63, 3.8) is 0 Å². The molecule has 0 fully saturated rings. The van der Waals surface area contributed by atoms with Gasteiger partial charge in [-0.1, -0.05) is 25.2 Å². The molecule has 1 aromatic heterocycles. The lowest BCUT2D eigenvalue weighted by atomic mass is 10.3. The van der Waals surface area contributed by atoms with Crippen molar-refractivity contribution in [3.8, 4) is 0 Å². The lowest BCUT2D eigenvalue weighted by Crippen LogP contribution is -1.95. The van der Waals surface area contributed by atoms with Crippen LogP contribution in [0.15, 0.2) is 47.7 Å². The Balaban J connectivity index is 2.69. The van der Waals surface area contributed by atoms with Crippen molar-refractivity contribution in [1.82, 2.24) is 4.98 Å². The molecule has 1 heterocycles. The van der Waals surface area contributed by atoms with Gasteiger partial charge in [0.1, 0.15) is 0 Å². The molecule has 0 saturated carbocycles. The number of rotatable bonds is 5. The van der Waals surface area contributed by atoms with Crippen LogP contribution in [0.4, 0.5) is 5.13 Å². The Labute approximate surface area is 95.1 Å². The maximum absolute atomic E-state index is 4.18. The third kappa shape index (κ3) is 4.61. The molecule has 1 N–H and O–H groups in total. The monoisotopic (exact) mass is 220 g/mol. The summed E-state index contributed by atoms with van der Waals surface area (Å²) in [5.41, 5.74) is 1.06. The van der Waals surface area contributed by atoms with E-state index >= 15 is 0 Å². The molecular weight excluding hydrogens is 204 g/mol. The second-order valence-corrected chi connectivity index (χ2v) is 3.82. The molecule has 1 aromatic rings. The van der Waals surface area contributed by atoms with E-state index in [4.69, 9.17) is 0 Å². The summed E-state index contributed by atoms with van der Waals surface area (Å²) < 4.78 is 0. The maximum Gasteiger partial charge on any atom is 0.187 e. The Morgan fingerprint density at radius 3 is 3.07 bits per heavy atom. The minimum atomic E-state index is 0.923. The van der Waals surface area contributed by atoms with E-state index in [-0.39, 0.29) is 0 Å². The molecule has 0 saturated heterocycles. The van der Waals surface area contributed by atoms with Crippen LogP contribution in [-0.2, 0) is 0 Å². The first-order valence-corrected chi connectivity index (χ1v) is 5.90. The summed E-state index contributed by atoms with van der Waals surface area (Å²) in [5.74, 6) is 0. The van der Waals surface area contributed by atoms with Gasteiger partial charge in [-0.25, -0.2) is 4.98 Å². The Morgan fingerprint density at radius 2 is 2.47 bits per heavy atom. The largest absolute Gasteiger partial charge is 0.332 e. The first kappa shape index (κ1) is 11.7. The summed E-state index contributed by atoms with van der Waals surface area (Å²) in [5, 5.41) is 6.14. The Morgan fingerprint density at radius 1 is 1.60 bits per heavy atom. The normalized spacial score (nSPS) is 12.8. The molecule has 2 nitrogen and oxygen atoms in total. The first-order valence-electron chi connectivity index (χ1n) is 5.03. The van der Waals surface area contributed by atoms with Gasteiger partial charge in [-0.15, -0.1) is 11.3 Å². The smallest absolute Gasteiger partial charge is 0.187 e. The highest BCUT2D eigenvalue weighted by Crippen LogP contribution is 2.14. The minimum absolute atomic E-state index is 0.923. The zero-order valence-electron chi connectivity index (χ0n) is 9.10. The van der Waals surface area contributed by atoms with Crippen LogP contribution in [0.2, 0.25) is 0 Å². The molecule has 0 amide bonds. The maximum atomic E-state index is 4.18. The average Bonchev–Trinajstić information content (AvgIpc) is 2.74. The van der Waals surface area contributed by atoms with Gasteiger partial charge in [0.15, 0.2) is 5.13 Å². The van der Waals surface area contributed by atoms with Gasteiger partial charge in [0.2, 0.25) is 0 Å². The molecule has 0 unspecified atom stereocenters. The number of nitrogens with one attached hydrogen (secondary N) is 1. The van der Waals surface area contributed by atoms with Crippen molar-refractivity contribution in [1.29, 1.82) is 0 Å². The van der Waals surface area contributed by atoms with Crippen molar-refractivity contribution in [2.45, 2.75) is 20.3 Å². The molecule has 0 bridgehead atoms. The standard InChI is InChI=1S/C12H16N2S/c1-3-5-7-11(8-6-4-2)14-12-13-9-10-15-12/h3,5-10H,4H2,1-2H3,(H,13,14)/b5-3-,8-6-,11-7+. The highest BCUT2D eigenvalue weighted by molar-refractivity contribution is 7.13. The van der Waals surface area contributed by atoms with Gasteiger partial charge < -0.3 is 5.32 Å².